The van der Waals surface area contributed by atoms with Crippen molar-refractivity contribution in [3.8, 4) is 0 Å². The average molecular weight is 175 g/mol. The molecule has 1 aliphatic rings. The van der Waals surface area contributed by atoms with Crippen LogP contribution in [0, 0.1) is 11.8 Å². The van der Waals surface area contributed by atoms with Gasteiger partial charge in [-0.05, 0) is 29.4 Å². The highest BCUT2D eigenvalue weighted by Gasteiger charge is 2.11. The Morgan fingerprint density at radius 2 is 1.85 bits per heavy atom. The van der Waals surface area contributed by atoms with E-state index in [-0.39, 0.29) is 0 Å². The molecule has 0 aromatic heterocycles. The van der Waals surface area contributed by atoms with Crippen LogP contribution in [0.1, 0.15) is 27.7 Å². The van der Waals surface area contributed by atoms with Gasteiger partial charge in [0.15, 0.2) is 0 Å². The van der Waals surface area contributed by atoms with E-state index in [1.807, 2.05) is 12.2 Å². The van der Waals surface area contributed by atoms with Crippen molar-refractivity contribution in [3.05, 3.63) is 29.5 Å². The maximum absolute atomic E-state index is 4.34. The van der Waals surface area contributed by atoms with Gasteiger partial charge in [0.1, 0.15) is 0 Å². The van der Waals surface area contributed by atoms with Crippen LogP contribution >= 0.6 is 0 Å². The summed E-state index contributed by atoms with van der Waals surface area (Å²) in [5, 5.41) is 0. The van der Waals surface area contributed by atoms with Gasteiger partial charge in [0, 0.05) is 0 Å². The first kappa shape index (κ1) is 10.0. The van der Waals surface area contributed by atoms with E-state index in [0.717, 1.165) is 0 Å². The van der Waals surface area contributed by atoms with Crippen LogP contribution in [0.15, 0.2) is 34.5 Å². The molecule has 70 valence electrons. The van der Waals surface area contributed by atoms with Crippen LogP contribution in [0.5, 0.6) is 0 Å². The van der Waals surface area contributed by atoms with E-state index >= 15 is 0 Å². The van der Waals surface area contributed by atoms with E-state index in [1.54, 1.807) is 0 Å². The zero-order valence-corrected chi connectivity index (χ0v) is 8.83. The highest BCUT2D eigenvalue weighted by molar-refractivity contribution is 5.59. The molecule has 0 aliphatic carbocycles. The van der Waals surface area contributed by atoms with Crippen LogP contribution < -0.4 is 0 Å². The van der Waals surface area contributed by atoms with Gasteiger partial charge in [0.2, 0.25) is 0 Å². The van der Waals surface area contributed by atoms with Gasteiger partial charge < -0.3 is 0 Å². The molecule has 0 fully saturated rings. The highest BCUT2D eigenvalue weighted by Crippen LogP contribution is 2.24. The fraction of sp³-hybridized carbons (Fsp3) is 0.500. The largest absolute Gasteiger partial charge is 0.210 e. The second-order valence-electron chi connectivity index (χ2n) is 3.92. The smallest absolute Gasteiger partial charge is 0.0563 e. The van der Waals surface area contributed by atoms with E-state index in [0.29, 0.717) is 11.8 Å². The molecule has 0 aromatic carbocycles. The number of aliphatic imine (C=N–C) groups is 1. The Balaban J connectivity index is 3.15. The van der Waals surface area contributed by atoms with E-state index in [1.165, 1.54) is 11.3 Å². The number of nitrogens with zero attached hydrogens (tertiary/aromatic N) is 1. The van der Waals surface area contributed by atoms with E-state index in [9.17, 15) is 0 Å². The molecule has 1 heteroatoms. The van der Waals surface area contributed by atoms with E-state index in [4.69, 9.17) is 0 Å². The summed E-state index contributed by atoms with van der Waals surface area (Å²) >= 11 is 0. The Labute approximate surface area is 80.6 Å². The Hall–Kier alpha value is -1.07. The third-order valence-electron chi connectivity index (χ3n) is 2.10. The lowest BCUT2D eigenvalue weighted by atomic mass is 9.95. The quantitative estimate of drug-likeness (QED) is 0.610. The van der Waals surface area contributed by atoms with Crippen LogP contribution in [-0.2, 0) is 0 Å². The van der Waals surface area contributed by atoms with Crippen molar-refractivity contribution in [2.45, 2.75) is 27.7 Å². The van der Waals surface area contributed by atoms with Crippen molar-refractivity contribution in [1.82, 2.24) is 0 Å². The molecule has 0 spiro atoms. The normalized spacial score (nSPS) is 16.2. The molecule has 0 unspecified atom stereocenters. The minimum absolute atomic E-state index is 0.473. The lowest BCUT2D eigenvalue weighted by Crippen LogP contribution is -2.00. The van der Waals surface area contributed by atoms with Crippen LogP contribution in [0.3, 0.4) is 0 Å². The molecule has 0 amide bonds. The van der Waals surface area contributed by atoms with Crippen molar-refractivity contribution in [2.24, 2.45) is 16.8 Å². The van der Waals surface area contributed by atoms with Crippen molar-refractivity contribution in [1.29, 1.82) is 0 Å². The first-order valence-corrected chi connectivity index (χ1v) is 4.83. The fourth-order valence-corrected chi connectivity index (χ4v) is 1.40. The molecule has 1 heterocycles. The van der Waals surface area contributed by atoms with Gasteiger partial charge in [-0.15, -0.1) is 0 Å². The predicted octanol–water partition coefficient (Wildman–Crippen LogP) is 3.35. The molecule has 0 bridgehead atoms. The topological polar surface area (TPSA) is 12.4 Å². The molecule has 0 N–H and O–H groups in total. The predicted molar refractivity (Wildman–Crippen MR) is 57.8 cm³/mol. The van der Waals surface area contributed by atoms with Gasteiger partial charge in [0.25, 0.3) is 0 Å². The molecule has 1 rings (SSSR count). The minimum atomic E-state index is 0.473. The lowest BCUT2D eigenvalue weighted by Gasteiger charge is -2.13. The van der Waals surface area contributed by atoms with Gasteiger partial charge in [-0.1, -0.05) is 39.8 Å². The molecule has 0 saturated carbocycles. The van der Waals surface area contributed by atoms with Crippen LogP contribution in [0.4, 0.5) is 0 Å². The van der Waals surface area contributed by atoms with Crippen LogP contribution in [0.25, 0.3) is 0 Å². The van der Waals surface area contributed by atoms with Crippen molar-refractivity contribution >= 4 is 5.87 Å². The maximum atomic E-state index is 4.34. The summed E-state index contributed by atoms with van der Waals surface area (Å²) in [6.07, 6.45) is 6.01. The monoisotopic (exact) mass is 175 g/mol. The van der Waals surface area contributed by atoms with Gasteiger partial charge in [-0.25, -0.2) is 4.99 Å². The minimum Gasteiger partial charge on any atom is -0.210 e. The van der Waals surface area contributed by atoms with Crippen LogP contribution in [0.2, 0.25) is 0 Å². The average Bonchev–Trinajstić information content (AvgIpc) is 2.27. The summed E-state index contributed by atoms with van der Waals surface area (Å²) in [6, 6.07) is 0. The zero-order valence-electron chi connectivity index (χ0n) is 8.83. The van der Waals surface area contributed by atoms with Crippen molar-refractivity contribution < 1.29 is 0 Å². The number of hydrogen-bond acceptors (Lipinski definition) is 1. The van der Waals surface area contributed by atoms with Gasteiger partial charge in [-0.3, -0.25) is 0 Å². The highest BCUT2D eigenvalue weighted by atomic mass is 14.7. The molecule has 1 aliphatic heterocycles. The Kier molecular flexibility index (Phi) is 3.27. The molecule has 0 saturated heterocycles. The van der Waals surface area contributed by atoms with Crippen molar-refractivity contribution in [2.75, 3.05) is 0 Å². The maximum Gasteiger partial charge on any atom is 0.0563 e. The number of rotatable bonds is 2. The SMILES string of the molecule is CC(C)C1=C(C(C)C)N=C=CC=C1. The van der Waals surface area contributed by atoms with Gasteiger partial charge in [-0.2, -0.15) is 0 Å². The van der Waals surface area contributed by atoms with E-state index in [2.05, 4.69) is 44.6 Å². The number of allylic oxidation sites excluding steroid dienone is 5. The van der Waals surface area contributed by atoms with Gasteiger partial charge >= 0.3 is 0 Å². The molecule has 13 heavy (non-hydrogen) atoms. The molecular weight excluding hydrogens is 158 g/mol. The first-order chi connectivity index (χ1) is 6.13. The Morgan fingerprint density at radius 1 is 1.15 bits per heavy atom. The third-order valence-corrected chi connectivity index (χ3v) is 2.10. The molecule has 0 aromatic rings. The Bertz CT molecular complexity index is 297. The summed E-state index contributed by atoms with van der Waals surface area (Å²) in [5.41, 5.74) is 2.50. The van der Waals surface area contributed by atoms with Crippen LogP contribution in [-0.4, -0.2) is 5.87 Å². The van der Waals surface area contributed by atoms with Gasteiger partial charge in [0.05, 0.1) is 5.70 Å². The zero-order chi connectivity index (χ0) is 9.84. The fourth-order valence-electron chi connectivity index (χ4n) is 1.40. The molecule has 0 radical (unpaired) electrons. The summed E-state index contributed by atoms with van der Waals surface area (Å²) in [5.74, 6) is 3.93. The van der Waals surface area contributed by atoms with E-state index < -0.39 is 0 Å². The second-order valence-corrected chi connectivity index (χ2v) is 3.92. The lowest BCUT2D eigenvalue weighted by molar-refractivity contribution is 0.700. The third kappa shape index (κ3) is 2.43. The molecular formula is C12H17N. The summed E-state index contributed by atoms with van der Waals surface area (Å²) in [4.78, 5) is 4.34. The summed E-state index contributed by atoms with van der Waals surface area (Å²) in [6.45, 7) is 8.73. The molecule has 0 atom stereocenters. The summed E-state index contributed by atoms with van der Waals surface area (Å²) < 4.78 is 0. The summed E-state index contributed by atoms with van der Waals surface area (Å²) in [7, 11) is 0. The second kappa shape index (κ2) is 4.25. The Morgan fingerprint density at radius 3 is 2.38 bits per heavy atom. The molecule has 1 nitrogen and oxygen atoms in total. The van der Waals surface area contributed by atoms with Crippen molar-refractivity contribution in [3.63, 3.8) is 0 Å². The number of hydrogen-bond donors (Lipinski definition) is 0. The standard InChI is InChI=1S/C12H17N/c1-9(2)11-7-5-6-8-13-12(11)10(3)4/h5-7,9-10H,1-4H3. The first-order valence-electron chi connectivity index (χ1n) is 4.83.